The van der Waals surface area contributed by atoms with Crippen molar-refractivity contribution >= 4 is 11.6 Å². The van der Waals surface area contributed by atoms with Crippen LogP contribution in [0.5, 0.6) is 5.75 Å². The van der Waals surface area contributed by atoms with Crippen LogP contribution in [-0.2, 0) is 0 Å². The fraction of sp³-hybridized carbons (Fsp3) is 0.353. The van der Waals surface area contributed by atoms with E-state index in [0.717, 1.165) is 24.5 Å². The Kier molecular flexibility index (Phi) is 4.04. The van der Waals surface area contributed by atoms with Gasteiger partial charge in [0.2, 0.25) is 0 Å². The van der Waals surface area contributed by atoms with Crippen molar-refractivity contribution in [3.8, 4) is 5.75 Å². The molecule has 1 fully saturated rings. The highest BCUT2D eigenvalue weighted by Crippen LogP contribution is 2.22. The highest BCUT2D eigenvalue weighted by Gasteiger charge is 2.24. The summed E-state index contributed by atoms with van der Waals surface area (Å²) < 4.78 is 10.5. The molecule has 3 rings (SSSR count). The number of methoxy groups -OCH3 is 1. The van der Waals surface area contributed by atoms with Crippen LogP contribution in [0.15, 0.2) is 41.0 Å². The van der Waals surface area contributed by atoms with Crippen molar-refractivity contribution in [1.29, 1.82) is 0 Å². The molecular formula is C17H20N2O3. The van der Waals surface area contributed by atoms with Gasteiger partial charge in [0, 0.05) is 37.9 Å². The molecule has 1 aromatic heterocycles. The lowest BCUT2D eigenvalue weighted by Gasteiger charge is -2.36. The van der Waals surface area contributed by atoms with E-state index in [9.17, 15) is 4.79 Å². The maximum atomic E-state index is 12.5. The van der Waals surface area contributed by atoms with Crippen LogP contribution in [0, 0.1) is 6.92 Å². The number of hydrogen-bond acceptors (Lipinski definition) is 4. The van der Waals surface area contributed by atoms with E-state index >= 15 is 0 Å². The van der Waals surface area contributed by atoms with Crippen molar-refractivity contribution in [2.45, 2.75) is 6.92 Å². The molecule has 1 saturated heterocycles. The van der Waals surface area contributed by atoms with Gasteiger partial charge in [-0.05, 0) is 25.1 Å². The van der Waals surface area contributed by atoms with Gasteiger partial charge in [-0.25, -0.2) is 0 Å². The molecule has 5 heteroatoms. The summed E-state index contributed by atoms with van der Waals surface area (Å²) in [6, 6.07) is 9.76. The first-order valence-corrected chi connectivity index (χ1v) is 7.41. The first-order valence-electron chi connectivity index (χ1n) is 7.41. The molecule has 116 valence electrons. The third-order valence-corrected chi connectivity index (χ3v) is 4.07. The van der Waals surface area contributed by atoms with Crippen molar-refractivity contribution in [2.24, 2.45) is 0 Å². The molecule has 0 unspecified atom stereocenters. The lowest BCUT2D eigenvalue weighted by atomic mass is 10.2. The number of nitrogens with zero attached hydrogens (tertiary/aromatic N) is 2. The van der Waals surface area contributed by atoms with E-state index in [0.29, 0.717) is 24.4 Å². The molecule has 0 saturated carbocycles. The van der Waals surface area contributed by atoms with E-state index in [1.54, 1.807) is 19.4 Å². The number of carbonyl (C=O) groups is 1. The minimum Gasteiger partial charge on any atom is -0.497 e. The van der Waals surface area contributed by atoms with E-state index < -0.39 is 0 Å². The van der Waals surface area contributed by atoms with Crippen molar-refractivity contribution in [3.05, 3.63) is 47.9 Å². The molecular weight excluding hydrogens is 280 g/mol. The highest BCUT2D eigenvalue weighted by molar-refractivity contribution is 5.95. The molecule has 1 amide bonds. The van der Waals surface area contributed by atoms with E-state index in [1.165, 1.54) is 0 Å². The maximum Gasteiger partial charge on any atom is 0.257 e. The highest BCUT2D eigenvalue weighted by atomic mass is 16.5. The molecule has 1 aromatic carbocycles. The number of aryl methyl sites for hydroxylation is 1. The molecule has 1 aliphatic heterocycles. The molecule has 22 heavy (non-hydrogen) atoms. The normalized spacial score (nSPS) is 15.0. The zero-order chi connectivity index (χ0) is 15.5. The molecule has 5 nitrogen and oxygen atoms in total. The summed E-state index contributed by atoms with van der Waals surface area (Å²) in [6.45, 7) is 4.87. The second kappa shape index (κ2) is 6.13. The fourth-order valence-corrected chi connectivity index (χ4v) is 2.75. The predicted octanol–water partition coefficient (Wildman–Crippen LogP) is 2.56. The Balaban J connectivity index is 1.65. The fourth-order valence-electron chi connectivity index (χ4n) is 2.75. The maximum absolute atomic E-state index is 12.5. The summed E-state index contributed by atoms with van der Waals surface area (Å²) >= 11 is 0. The Labute approximate surface area is 130 Å². The van der Waals surface area contributed by atoms with Gasteiger partial charge in [0.05, 0.1) is 18.9 Å². The van der Waals surface area contributed by atoms with E-state index in [-0.39, 0.29) is 5.91 Å². The third kappa shape index (κ3) is 2.79. The first-order chi connectivity index (χ1) is 10.7. The predicted molar refractivity (Wildman–Crippen MR) is 84.6 cm³/mol. The Hall–Kier alpha value is -2.43. The second-order valence-corrected chi connectivity index (χ2v) is 5.37. The van der Waals surface area contributed by atoms with Crippen molar-refractivity contribution in [2.75, 3.05) is 38.2 Å². The van der Waals surface area contributed by atoms with Gasteiger partial charge < -0.3 is 19.0 Å². The zero-order valence-corrected chi connectivity index (χ0v) is 12.9. The number of hydrogen-bond donors (Lipinski definition) is 0. The minimum atomic E-state index is 0.0524. The number of furan rings is 1. The largest absolute Gasteiger partial charge is 0.497 e. The molecule has 2 aromatic rings. The number of benzene rings is 1. The van der Waals surface area contributed by atoms with Crippen LogP contribution in [-0.4, -0.2) is 44.1 Å². The SMILES string of the molecule is COc1cccc(N2CCN(C(=O)c3ccoc3C)CC2)c1. The van der Waals surface area contributed by atoms with Gasteiger partial charge in [-0.3, -0.25) is 4.79 Å². The first kappa shape index (κ1) is 14.5. The number of anilines is 1. The Bertz CT molecular complexity index is 657. The summed E-state index contributed by atoms with van der Waals surface area (Å²) in [5.41, 5.74) is 1.79. The van der Waals surface area contributed by atoms with E-state index in [1.807, 2.05) is 30.0 Å². The molecule has 0 aliphatic carbocycles. The quantitative estimate of drug-likeness (QED) is 0.874. The molecule has 0 N–H and O–H groups in total. The summed E-state index contributed by atoms with van der Waals surface area (Å²) in [6.07, 6.45) is 1.56. The smallest absolute Gasteiger partial charge is 0.257 e. The van der Waals surface area contributed by atoms with Gasteiger partial charge in [0.15, 0.2) is 0 Å². The van der Waals surface area contributed by atoms with Crippen LogP contribution in [0.25, 0.3) is 0 Å². The Morgan fingerprint density at radius 1 is 1.18 bits per heavy atom. The van der Waals surface area contributed by atoms with Gasteiger partial charge in [-0.15, -0.1) is 0 Å². The molecule has 1 aliphatic rings. The summed E-state index contributed by atoms with van der Waals surface area (Å²) in [5, 5.41) is 0. The van der Waals surface area contributed by atoms with Crippen molar-refractivity contribution < 1.29 is 13.9 Å². The summed E-state index contributed by atoms with van der Waals surface area (Å²) in [4.78, 5) is 16.6. The Morgan fingerprint density at radius 2 is 1.95 bits per heavy atom. The molecule has 0 bridgehead atoms. The molecule has 0 atom stereocenters. The summed E-state index contributed by atoms with van der Waals surface area (Å²) in [7, 11) is 1.67. The third-order valence-electron chi connectivity index (χ3n) is 4.07. The monoisotopic (exact) mass is 300 g/mol. The second-order valence-electron chi connectivity index (χ2n) is 5.37. The number of piperazine rings is 1. The van der Waals surface area contributed by atoms with Gasteiger partial charge in [0.1, 0.15) is 11.5 Å². The average Bonchev–Trinajstić information content (AvgIpc) is 3.00. The van der Waals surface area contributed by atoms with Crippen LogP contribution in [0.2, 0.25) is 0 Å². The number of ether oxygens (including phenoxy) is 1. The number of amides is 1. The van der Waals surface area contributed by atoms with E-state index in [4.69, 9.17) is 9.15 Å². The van der Waals surface area contributed by atoms with Gasteiger partial charge in [-0.2, -0.15) is 0 Å². The van der Waals surface area contributed by atoms with E-state index in [2.05, 4.69) is 11.0 Å². The standard InChI is InChI=1S/C17H20N2O3/c1-13-16(6-11-22-13)17(20)19-9-7-18(8-10-19)14-4-3-5-15(12-14)21-2/h3-6,11-12H,7-10H2,1-2H3. The topological polar surface area (TPSA) is 45.9 Å². The molecule has 0 radical (unpaired) electrons. The van der Waals surface area contributed by atoms with Gasteiger partial charge >= 0.3 is 0 Å². The van der Waals surface area contributed by atoms with Crippen LogP contribution in [0.3, 0.4) is 0 Å². The van der Waals surface area contributed by atoms with Crippen molar-refractivity contribution in [1.82, 2.24) is 4.90 Å². The average molecular weight is 300 g/mol. The summed E-state index contributed by atoms with van der Waals surface area (Å²) in [5.74, 6) is 1.58. The van der Waals surface area contributed by atoms with Crippen LogP contribution in [0.4, 0.5) is 5.69 Å². The van der Waals surface area contributed by atoms with Crippen LogP contribution in [0.1, 0.15) is 16.1 Å². The number of rotatable bonds is 3. The van der Waals surface area contributed by atoms with Crippen LogP contribution >= 0.6 is 0 Å². The zero-order valence-electron chi connectivity index (χ0n) is 12.9. The van der Waals surface area contributed by atoms with Gasteiger partial charge in [-0.1, -0.05) is 6.07 Å². The molecule has 0 spiro atoms. The lowest BCUT2D eigenvalue weighted by molar-refractivity contribution is 0.0745. The minimum absolute atomic E-state index is 0.0524. The van der Waals surface area contributed by atoms with Gasteiger partial charge in [0.25, 0.3) is 5.91 Å². The van der Waals surface area contributed by atoms with Crippen LogP contribution < -0.4 is 9.64 Å². The lowest BCUT2D eigenvalue weighted by Crippen LogP contribution is -2.48. The van der Waals surface area contributed by atoms with Crippen molar-refractivity contribution in [3.63, 3.8) is 0 Å². The molecule has 2 heterocycles. The number of carbonyl (C=O) groups excluding carboxylic acids is 1. The Morgan fingerprint density at radius 3 is 2.59 bits per heavy atom.